The van der Waals surface area contributed by atoms with Crippen LogP contribution in [0.3, 0.4) is 0 Å². The van der Waals surface area contributed by atoms with Crippen molar-refractivity contribution in [3.63, 3.8) is 0 Å². The first kappa shape index (κ1) is 8.95. The maximum absolute atomic E-state index is 9.36. The predicted octanol–water partition coefficient (Wildman–Crippen LogP) is 0.553. The minimum Gasteiger partial charge on any atom is -0.492 e. The number of rotatable bonds is 1. The Labute approximate surface area is 83.1 Å². The molecule has 2 aromatic heterocycles. The molecule has 6 nitrogen and oxygen atoms in total. The van der Waals surface area contributed by atoms with E-state index < -0.39 is 6.01 Å². The van der Waals surface area contributed by atoms with Gasteiger partial charge in [-0.15, -0.1) is 0 Å². The summed E-state index contributed by atoms with van der Waals surface area (Å²) in [7, 11) is 0. The van der Waals surface area contributed by atoms with Gasteiger partial charge in [0.05, 0.1) is 6.20 Å². The Morgan fingerprint density at radius 2 is 2.00 bits per heavy atom. The van der Waals surface area contributed by atoms with Crippen molar-refractivity contribution in [1.29, 1.82) is 0 Å². The fraction of sp³-hybridized carbons (Fsp3) is 0.143. The minimum atomic E-state index is -0.490. The highest BCUT2D eigenvalue weighted by atomic mass is 32.2. The minimum absolute atomic E-state index is 0.238. The molecule has 72 valence electrons. The number of hydrogen-bond acceptors (Lipinski definition) is 7. The van der Waals surface area contributed by atoms with Crippen molar-refractivity contribution in [2.45, 2.75) is 5.16 Å². The molecule has 2 rings (SSSR count). The smallest absolute Gasteiger partial charge is 0.317 e. The molecule has 0 aliphatic rings. The summed E-state index contributed by atoms with van der Waals surface area (Å²) in [4.78, 5) is 15.0. The lowest BCUT2D eigenvalue weighted by Gasteiger charge is -2.00. The Morgan fingerprint density at radius 1 is 1.21 bits per heavy atom. The van der Waals surface area contributed by atoms with Crippen molar-refractivity contribution >= 4 is 22.8 Å². The first-order valence-electron chi connectivity index (χ1n) is 3.67. The molecular weight excluding hydrogens is 204 g/mol. The van der Waals surface area contributed by atoms with Crippen molar-refractivity contribution in [1.82, 2.24) is 19.9 Å². The van der Waals surface area contributed by atoms with Gasteiger partial charge in [-0.05, 0) is 6.26 Å². The van der Waals surface area contributed by atoms with Crippen LogP contribution >= 0.6 is 11.8 Å². The molecular formula is C7H6N4O2S. The molecule has 7 heteroatoms. The molecule has 0 aromatic carbocycles. The van der Waals surface area contributed by atoms with Gasteiger partial charge in [0.15, 0.2) is 10.7 Å². The van der Waals surface area contributed by atoms with Crippen molar-refractivity contribution in [3.8, 4) is 11.9 Å². The van der Waals surface area contributed by atoms with Crippen molar-refractivity contribution in [2.24, 2.45) is 0 Å². The molecule has 0 fully saturated rings. The average molecular weight is 210 g/mol. The van der Waals surface area contributed by atoms with Crippen LogP contribution in [0.25, 0.3) is 11.0 Å². The second-order valence-electron chi connectivity index (χ2n) is 2.44. The van der Waals surface area contributed by atoms with E-state index in [2.05, 4.69) is 19.9 Å². The number of hydrogen-bond donors (Lipinski definition) is 2. The Morgan fingerprint density at radius 3 is 2.71 bits per heavy atom. The number of fused-ring (bicyclic) bond motifs is 1. The molecule has 0 unspecified atom stereocenters. The standard InChI is InChI=1S/C7H6N4O2S/c1-14-7-8-2-3-4(10-7)5(12)11-6(13)9-3/h2H,1H3,(H2,9,11,12,13). The van der Waals surface area contributed by atoms with E-state index in [0.717, 1.165) is 0 Å². The summed E-state index contributed by atoms with van der Waals surface area (Å²) < 4.78 is 0. The molecule has 0 spiro atoms. The molecule has 0 radical (unpaired) electrons. The third-order valence-electron chi connectivity index (χ3n) is 1.57. The number of aromatic nitrogens is 4. The van der Waals surface area contributed by atoms with E-state index in [-0.39, 0.29) is 11.4 Å². The number of thioether (sulfide) groups is 1. The summed E-state index contributed by atoms with van der Waals surface area (Å²) in [6, 6.07) is -0.490. The maximum atomic E-state index is 9.36. The lowest BCUT2D eigenvalue weighted by atomic mass is 10.4. The average Bonchev–Trinajstić information content (AvgIpc) is 2.17. The topological polar surface area (TPSA) is 92.0 Å². The molecule has 2 N–H and O–H groups in total. The monoisotopic (exact) mass is 210 g/mol. The third-order valence-corrected chi connectivity index (χ3v) is 2.13. The molecule has 0 amide bonds. The summed E-state index contributed by atoms with van der Waals surface area (Å²) in [6.07, 6.45) is 3.24. The lowest BCUT2D eigenvalue weighted by Crippen LogP contribution is -1.92. The predicted molar refractivity (Wildman–Crippen MR) is 50.2 cm³/mol. The molecule has 0 bridgehead atoms. The van der Waals surface area contributed by atoms with Crippen LogP contribution in [0, 0.1) is 0 Å². The summed E-state index contributed by atoms with van der Waals surface area (Å²) in [6.45, 7) is 0. The van der Waals surface area contributed by atoms with Crippen molar-refractivity contribution in [3.05, 3.63) is 6.20 Å². The van der Waals surface area contributed by atoms with Gasteiger partial charge in [-0.25, -0.2) is 9.97 Å². The van der Waals surface area contributed by atoms with Crippen LogP contribution in [0.5, 0.6) is 11.9 Å². The van der Waals surface area contributed by atoms with Crippen LogP contribution in [-0.4, -0.2) is 36.4 Å². The zero-order valence-corrected chi connectivity index (χ0v) is 7.99. The molecule has 14 heavy (non-hydrogen) atoms. The summed E-state index contributed by atoms with van der Waals surface area (Å²) in [5.74, 6) is -0.342. The highest BCUT2D eigenvalue weighted by molar-refractivity contribution is 7.98. The molecule has 0 atom stereocenters. The summed E-state index contributed by atoms with van der Waals surface area (Å²) in [5, 5.41) is 18.9. The maximum Gasteiger partial charge on any atom is 0.317 e. The third kappa shape index (κ3) is 1.41. The zero-order valence-electron chi connectivity index (χ0n) is 7.17. The highest BCUT2D eigenvalue weighted by Crippen LogP contribution is 2.22. The van der Waals surface area contributed by atoms with Gasteiger partial charge in [-0.1, -0.05) is 11.8 Å². The van der Waals surface area contributed by atoms with E-state index in [1.807, 2.05) is 6.26 Å². The summed E-state index contributed by atoms with van der Waals surface area (Å²) >= 11 is 1.35. The lowest BCUT2D eigenvalue weighted by molar-refractivity contribution is 0.402. The quantitative estimate of drug-likeness (QED) is 0.524. The molecule has 2 heterocycles. The second-order valence-corrected chi connectivity index (χ2v) is 3.21. The van der Waals surface area contributed by atoms with Crippen LogP contribution in [0.15, 0.2) is 11.4 Å². The van der Waals surface area contributed by atoms with Crippen molar-refractivity contribution < 1.29 is 10.2 Å². The van der Waals surface area contributed by atoms with Gasteiger partial charge in [0.1, 0.15) is 5.52 Å². The molecule has 0 saturated heterocycles. The van der Waals surface area contributed by atoms with E-state index in [1.54, 1.807) is 0 Å². The first-order valence-corrected chi connectivity index (χ1v) is 4.90. The van der Waals surface area contributed by atoms with Crippen LogP contribution in [-0.2, 0) is 0 Å². The van der Waals surface area contributed by atoms with Crippen LogP contribution in [0.1, 0.15) is 0 Å². The Bertz CT molecular complexity index is 490. The molecule has 0 aliphatic carbocycles. The van der Waals surface area contributed by atoms with Gasteiger partial charge in [0.25, 0.3) is 0 Å². The first-order chi connectivity index (χ1) is 6.70. The summed E-state index contributed by atoms with van der Waals surface area (Å²) in [5.41, 5.74) is 0.551. The van der Waals surface area contributed by atoms with E-state index >= 15 is 0 Å². The van der Waals surface area contributed by atoms with Crippen LogP contribution < -0.4 is 0 Å². The fourth-order valence-electron chi connectivity index (χ4n) is 0.984. The van der Waals surface area contributed by atoms with Gasteiger partial charge in [0.2, 0.25) is 5.88 Å². The fourth-order valence-corrected chi connectivity index (χ4v) is 1.33. The Kier molecular flexibility index (Phi) is 2.08. The SMILES string of the molecule is CSc1ncc2nc(O)nc(O)c2n1. The second kappa shape index (κ2) is 3.26. The Balaban J connectivity index is 2.75. The Hall–Kier alpha value is -1.63. The van der Waals surface area contributed by atoms with Crippen LogP contribution in [0.4, 0.5) is 0 Å². The zero-order chi connectivity index (χ0) is 10.1. The van der Waals surface area contributed by atoms with Crippen molar-refractivity contribution in [2.75, 3.05) is 6.26 Å². The van der Waals surface area contributed by atoms with Gasteiger partial charge >= 0.3 is 6.01 Å². The normalized spacial score (nSPS) is 10.6. The van der Waals surface area contributed by atoms with E-state index in [0.29, 0.717) is 10.7 Å². The van der Waals surface area contributed by atoms with E-state index in [4.69, 9.17) is 5.11 Å². The van der Waals surface area contributed by atoms with Gasteiger partial charge < -0.3 is 10.2 Å². The number of nitrogens with zero attached hydrogens (tertiary/aromatic N) is 4. The largest absolute Gasteiger partial charge is 0.492 e. The highest BCUT2D eigenvalue weighted by Gasteiger charge is 2.08. The molecule has 0 saturated carbocycles. The van der Waals surface area contributed by atoms with Crippen LogP contribution in [0.2, 0.25) is 0 Å². The van der Waals surface area contributed by atoms with E-state index in [9.17, 15) is 5.11 Å². The van der Waals surface area contributed by atoms with E-state index in [1.165, 1.54) is 18.0 Å². The van der Waals surface area contributed by atoms with Gasteiger partial charge in [-0.2, -0.15) is 9.97 Å². The van der Waals surface area contributed by atoms with Gasteiger partial charge in [-0.3, -0.25) is 0 Å². The molecule has 2 aromatic rings. The number of aromatic hydroxyl groups is 2. The van der Waals surface area contributed by atoms with Gasteiger partial charge in [0, 0.05) is 0 Å². The molecule has 0 aliphatic heterocycles.